The number of methoxy groups -OCH3 is 1. The second-order valence-electron chi connectivity index (χ2n) is 5.22. The van der Waals surface area contributed by atoms with Crippen LogP contribution in [0.25, 0.3) is 5.82 Å². The molecule has 1 amide bonds. The number of alkyl halides is 2. The molecule has 0 aliphatic heterocycles. The summed E-state index contributed by atoms with van der Waals surface area (Å²) in [6.07, 6.45) is 4.42. The number of benzene rings is 1. The highest BCUT2D eigenvalue weighted by Crippen LogP contribution is 2.32. The first-order valence-electron chi connectivity index (χ1n) is 7.79. The molecule has 3 aromatic rings. The van der Waals surface area contributed by atoms with Crippen LogP contribution in [0.15, 0.2) is 49.2 Å². The quantitative estimate of drug-likeness (QED) is 0.681. The summed E-state index contributed by atoms with van der Waals surface area (Å²) in [5, 5.41) is 6.67. The highest BCUT2D eigenvalue weighted by Gasteiger charge is 2.20. The van der Waals surface area contributed by atoms with Gasteiger partial charge in [-0.2, -0.15) is 13.9 Å². The fourth-order valence-corrected chi connectivity index (χ4v) is 2.43. The van der Waals surface area contributed by atoms with Gasteiger partial charge in [0, 0.05) is 18.3 Å². The van der Waals surface area contributed by atoms with E-state index in [1.54, 1.807) is 18.3 Å². The molecule has 0 saturated heterocycles. The number of nitrogens with one attached hydrogen (secondary N) is 1. The van der Waals surface area contributed by atoms with E-state index in [9.17, 15) is 13.6 Å². The molecule has 8 nitrogen and oxygen atoms in total. The fourth-order valence-electron chi connectivity index (χ4n) is 2.43. The Balaban J connectivity index is 1.82. The second-order valence-corrected chi connectivity index (χ2v) is 5.22. The lowest BCUT2D eigenvalue weighted by molar-refractivity contribution is -0.0515. The standard InChI is InChI=1S/C17H15F2N5O3/c1-26-13-6-2-5-12(14(13)27-17(18)19)16(25)22-8-11-4-3-7-21-15(11)24-10-20-9-23-24/h2-7,9-10,17H,8H2,1H3,(H,22,25). The number of ether oxygens (including phenoxy) is 2. The van der Waals surface area contributed by atoms with Gasteiger partial charge in [-0.05, 0) is 18.2 Å². The van der Waals surface area contributed by atoms with Crippen LogP contribution in [-0.2, 0) is 6.54 Å². The van der Waals surface area contributed by atoms with Gasteiger partial charge >= 0.3 is 6.61 Å². The number of hydrogen-bond donors (Lipinski definition) is 1. The number of para-hydroxylation sites is 1. The second kappa shape index (κ2) is 8.21. The molecule has 0 aliphatic carbocycles. The zero-order chi connectivity index (χ0) is 19.2. The lowest BCUT2D eigenvalue weighted by Crippen LogP contribution is -2.25. The van der Waals surface area contributed by atoms with Gasteiger partial charge in [0.1, 0.15) is 12.7 Å². The van der Waals surface area contributed by atoms with Gasteiger partial charge in [0.2, 0.25) is 0 Å². The van der Waals surface area contributed by atoms with E-state index in [2.05, 4.69) is 25.1 Å². The molecule has 3 rings (SSSR count). The van der Waals surface area contributed by atoms with Crippen LogP contribution < -0.4 is 14.8 Å². The van der Waals surface area contributed by atoms with Gasteiger partial charge in [-0.15, -0.1) is 0 Å². The Kier molecular flexibility index (Phi) is 5.55. The Hall–Kier alpha value is -3.56. The molecular formula is C17H15F2N5O3. The molecule has 0 radical (unpaired) electrons. The topological polar surface area (TPSA) is 91.2 Å². The third kappa shape index (κ3) is 4.17. The monoisotopic (exact) mass is 375 g/mol. The van der Waals surface area contributed by atoms with E-state index in [1.807, 2.05) is 0 Å². The highest BCUT2D eigenvalue weighted by molar-refractivity contribution is 5.97. The molecule has 10 heteroatoms. The molecular weight excluding hydrogens is 360 g/mol. The predicted molar refractivity (Wildman–Crippen MR) is 90.0 cm³/mol. The molecule has 2 aromatic heterocycles. The molecule has 0 aliphatic rings. The van der Waals surface area contributed by atoms with Gasteiger partial charge in [0.05, 0.1) is 12.7 Å². The van der Waals surface area contributed by atoms with Crippen molar-refractivity contribution in [3.8, 4) is 17.3 Å². The number of halogens is 2. The summed E-state index contributed by atoms with van der Waals surface area (Å²) in [4.78, 5) is 20.6. The van der Waals surface area contributed by atoms with E-state index in [-0.39, 0.29) is 23.6 Å². The van der Waals surface area contributed by atoms with Crippen LogP contribution in [0.5, 0.6) is 11.5 Å². The first kappa shape index (κ1) is 18.2. The van der Waals surface area contributed by atoms with Gasteiger partial charge in [-0.3, -0.25) is 4.79 Å². The minimum atomic E-state index is -3.09. The van der Waals surface area contributed by atoms with E-state index in [0.717, 1.165) is 0 Å². The zero-order valence-electron chi connectivity index (χ0n) is 14.2. The van der Waals surface area contributed by atoms with E-state index < -0.39 is 12.5 Å². The molecule has 27 heavy (non-hydrogen) atoms. The number of aromatic nitrogens is 4. The Morgan fingerprint density at radius 2 is 2.15 bits per heavy atom. The summed E-state index contributed by atoms with van der Waals surface area (Å²) in [6.45, 7) is -3.00. The van der Waals surface area contributed by atoms with E-state index in [4.69, 9.17) is 4.74 Å². The minimum Gasteiger partial charge on any atom is -0.493 e. The number of amides is 1. The van der Waals surface area contributed by atoms with Gasteiger partial charge < -0.3 is 14.8 Å². The fraction of sp³-hybridized carbons (Fsp3) is 0.176. The summed E-state index contributed by atoms with van der Waals surface area (Å²) in [6, 6.07) is 7.78. The van der Waals surface area contributed by atoms with E-state index in [0.29, 0.717) is 11.4 Å². The number of carbonyl (C=O) groups excluding carboxylic acids is 1. The smallest absolute Gasteiger partial charge is 0.387 e. The summed E-state index contributed by atoms with van der Waals surface area (Å²) in [5.41, 5.74) is 0.594. The van der Waals surface area contributed by atoms with Crippen LogP contribution in [0.4, 0.5) is 8.78 Å². The maximum absolute atomic E-state index is 12.7. The van der Waals surface area contributed by atoms with Crippen molar-refractivity contribution in [2.24, 2.45) is 0 Å². The molecule has 1 N–H and O–H groups in total. The number of carbonyl (C=O) groups is 1. The summed E-state index contributed by atoms with van der Waals surface area (Å²) < 4.78 is 36.3. The van der Waals surface area contributed by atoms with Crippen LogP contribution in [0.1, 0.15) is 15.9 Å². The van der Waals surface area contributed by atoms with Crippen molar-refractivity contribution >= 4 is 5.91 Å². The number of pyridine rings is 1. The molecule has 0 fully saturated rings. The lowest BCUT2D eigenvalue weighted by Gasteiger charge is -2.14. The highest BCUT2D eigenvalue weighted by atomic mass is 19.3. The van der Waals surface area contributed by atoms with Crippen molar-refractivity contribution in [1.29, 1.82) is 0 Å². The van der Waals surface area contributed by atoms with Crippen molar-refractivity contribution < 1.29 is 23.0 Å². The number of nitrogens with zero attached hydrogens (tertiary/aromatic N) is 4. The van der Waals surface area contributed by atoms with E-state index in [1.165, 1.54) is 42.6 Å². The maximum Gasteiger partial charge on any atom is 0.387 e. The van der Waals surface area contributed by atoms with Crippen molar-refractivity contribution in [2.75, 3.05) is 7.11 Å². The van der Waals surface area contributed by atoms with Gasteiger partial charge in [0.25, 0.3) is 5.91 Å². The molecule has 0 unspecified atom stereocenters. The Morgan fingerprint density at radius 1 is 1.30 bits per heavy atom. The summed E-state index contributed by atoms with van der Waals surface area (Å²) in [5.74, 6) is -0.397. The minimum absolute atomic E-state index is 0.0348. The Morgan fingerprint density at radius 3 is 2.85 bits per heavy atom. The molecule has 2 heterocycles. The molecule has 140 valence electrons. The van der Waals surface area contributed by atoms with Gasteiger partial charge in [0.15, 0.2) is 17.3 Å². The average Bonchev–Trinajstić information content (AvgIpc) is 3.20. The van der Waals surface area contributed by atoms with Crippen molar-refractivity contribution in [2.45, 2.75) is 13.2 Å². The number of hydrogen-bond acceptors (Lipinski definition) is 6. The first-order chi connectivity index (χ1) is 13.1. The SMILES string of the molecule is COc1cccc(C(=O)NCc2cccnc2-n2cncn2)c1OC(F)F. The Labute approximate surface area is 152 Å². The third-order valence-corrected chi connectivity index (χ3v) is 3.59. The van der Waals surface area contributed by atoms with Crippen LogP contribution in [0.2, 0.25) is 0 Å². The maximum atomic E-state index is 12.7. The largest absolute Gasteiger partial charge is 0.493 e. The normalized spacial score (nSPS) is 10.7. The summed E-state index contributed by atoms with van der Waals surface area (Å²) >= 11 is 0. The zero-order valence-corrected chi connectivity index (χ0v) is 14.2. The van der Waals surface area contributed by atoms with E-state index >= 15 is 0 Å². The summed E-state index contributed by atoms with van der Waals surface area (Å²) in [7, 11) is 1.30. The van der Waals surface area contributed by atoms with Crippen LogP contribution in [0, 0.1) is 0 Å². The van der Waals surface area contributed by atoms with Gasteiger partial charge in [-0.1, -0.05) is 12.1 Å². The molecule has 0 saturated carbocycles. The van der Waals surface area contributed by atoms with Crippen molar-refractivity contribution in [3.05, 3.63) is 60.3 Å². The molecule has 1 aromatic carbocycles. The number of rotatable bonds is 7. The molecule has 0 atom stereocenters. The lowest BCUT2D eigenvalue weighted by atomic mass is 10.1. The first-order valence-corrected chi connectivity index (χ1v) is 7.79. The average molecular weight is 375 g/mol. The third-order valence-electron chi connectivity index (χ3n) is 3.59. The Bertz CT molecular complexity index is 919. The van der Waals surface area contributed by atoms with Crippen molar-refractivity contribution in [3.63, 3.8) is 0 Å². The molecule has 0 bridgehead atoms. The predicted octanol–water partition coefficient (Wildman–Crippen LogP) is 2.20. The van der Waals surface area contributed by atoms with Gasteiger partial charge in [-0.25, -0.2) is 14.6 Å². The van der Waals surface area contributed by atoms with Crippen molar-refractivity contribution in [1.82, 2.24) is 25.1 Å². The molecule has 0 spiro atoms. The van der Waals surface area contributed by atoms with Crippen LogP contribution >= 0.6 is 0 Å². The van der Waals surface area contributed by atoms with Crippen LogP contribution in [0.3, 0.4) is 0 Å². The van der Waals surface area contributed by atoms with Crippen LogP contribution in [-0.4, -0.2) is 39.4 Å².